The molecule has 1 atom stereocenters. The molecule has 0 N–H and O–H groups in total. The van der Waals surface area contributed by atoms with Crippen molar-refractivity contribution in [1.29, 1.82) is 0 Å². The Morgan fingerprint density at radius 1 is 1.58 bits per heavy atom. The van der Waals surface area contributed by atoms with Gasteiger partial charge in [-0.1, -0.05) is 12.0 Å². The van der Waals surface area contributed by atoms with E-state index in [2.05, 4.69) is 15.0 Å². The van der Waals surface area contributed by atoms with E-state index in [-0.39, 0.29) is 6.04 Å². The van der Waals surface area contributed by atoms with Crippen molar-refractivity contribution in [2.75, 3.05) is 0 Å². The number of oxazole rings is 1. The summed E-state index contributed by atoms with van der Waals surface area (Å²) in [7, 11) is 0. The van der Waals surface area contributed by atoms with Gasteiger partial charge in [-0.15, -0.1) is 0 Å². The second-order valence-corrected chi connectivity index (χ2v) is 2.56. The number of hydrogen-bond donors (Lipinski definition) is 0. The Labute approximate surface area is 70.0 Å². The molecular formula is C7H10N4O. The normalized spacial score (nSPS) is 12.2. The van der Waals surface area contributed by atoms with Crippen molar-refractivity contribution >= 4 is 0 Å². The first-order chi connectivity index (χ1) is 5.65. The summed E-state index contributed by atoms with van der Waals surface area (Å²) in [6.07, 6.45) is 0. The van der Waals surface area contributed by atoms with E-state index in [1.807, 2.05) is 0 Å². The zero-order valence-electron chi connectivity index (χ0n) is 7.27. The molecule has 0 aliphatic heterocycles. The fraction of sp³-hybridized carbons (Fsp3) is 0.571. The monoisotopic (exact) mass is 166 g/mol. The first-order valence-electron chi connectivity index (χ1n) is 3.63. The molecule has 0 spiro atoms. The van der Waals surface area contributed by atoms with Crippen LogP contribution in [0.2, 0.25) is 0 Å². The molecule has 0 saturated heterocycles. The van der Waals surface area contributed by atoms with Crippen molar-refractivity contribution in [2.24, 2.45) is 5.11 Å². The molecule has 5 nitrogen and oxygen atoms in total. The van der Waals surface area contributed by atoms with Crippen LogP contribution in [-0.2, 0) is 0 Å². The predicted molar refractivity (Wildman–Crippen MR) is 43.5 cm³/mol. The van der Waals surface area contributed by atoms with Crippen molar-refractivity contribution in [3.05, 3.63) is 27.8 Å². The van der Waals surface area contributed by atoms with Gasteiger partial charge in [-0.25, -0.2) is 4.98 Å². The number of aryl methyl sites for hydroxylation is 2. The highest BCUT2D eigenvalue weighted by Gasteiger charge is 2.12. The Bertz CT molecular complexity index is 324. The average molecular weight is 166 g/mol. The van der Waals surface area contributed by atoms with Crippen LogP contribution in [0.5, 0.6) is 0 Å². The molecule has 0 aliphatic carbocycles. The summed E-state index contributed by atoms with van der Waals surface area (Å²) in [5.74, 6) is 1.31. The van der Waals surface area contributed by atoms with Gasteiger partial charge in [-0.2, -0.15) is 0 Å². The van der Waals surface area contributed by atoms with E-state index in [4.69, 9.17) is 9.95 Å². The molecule has 0 amide bonds. The first-order valence-corrected chi connectivity index (χ1v) is 3.63. The van der Waals surface area contributed by atoms with E-state index < -0.39 is 0 Å². The third-order valence-corrected chi connectivity index (χ3v) is 1.56. The molecule has 1 aromatic heterocycles. The van der Waals surface area contributed by atoms with Crippen LogP contribution in [0.15, 0.2) is 9.53 Å². The minimum Gasteiger partial charge on any atom is -0.446 e. The van der Waals surface area contributed by atoms with Crippen LogP contribution in [0, 0.1) is 13.8 Å². The van der Waals surface area contributed by atoms with E-state index in [1.54, 1.807) is 20.8 Å². The second-order valence-electron chi connectivity index (χ2n) is 2.56. The maximum Gasteiger partial charge on any atom is 0.191 e. The van der Waals surface area contributed by atoms with Crippen LogP contribution in [0.3, 0.4) is 0 Å². The molecule has 1 aromatic rings. The van der Waals surface area contributed by atoms with Crippen LogP contribution in [0.1, 0.15) is 30.3 Å². The Morgan fingerprint density at radius 2 is 2.25 bits per heavy atom. The topological polar surface area (TPSA) is 74.8 Å². The summed E-state index contributed by atoms with van der Waals surface area (Å²) in [5.41, 5.74) is 8.91. The number of aromatic nitrogens is 1. The molecule has 12 heavy (non-hydrogen) atoms. The lowest BCUT2D eigenvalue weighted by atomic mass is 10.2. The molecule has 0 aliphatic rings. The van der Waals surface area contributed by atoms with E-state index in [1.165, 1.54) is 0 Å². The molecule has 0 saturated carbocycles. The molecular weight excluding hydrogens is 156 g/mol. The van der Waals surface area contributed by atoms with Crippen LogP contribution in [0.25, 0.3) is 10.4 Å². The fourth-order valence-corrected chi connectivity index (χ4v) is 1.06. The summed E-state index contributed by atoms with van der Waals surface area (Å²) in [4.78, 5) is 6.80. The summed E-state index contributed by atoms with van der Waals surface area (Å²) in [6.45, 7) is 5.35. The molecule has 1 rings (SSSR count). The number of nitrogens with zero attached hydrogens (tertiary/aromatic N) is 4. The standard InChI is InChI=1S/C7H10N4O/c1-4(10-11-8)7-5(2)12-6(3)9-7/h4H,1-3H3. The van der Waals surface area contributed by atoms with Gasteiger partial charge in [0.1, 0.15) is 5.76 Å². The van der Waals surface area contributed by atoms with Gasteiger partial charge in [0.15, 0.2) is 5.89 Å². The maximum atomic E-state index is 8.20. The lowest BCUT2D eigenvalue weighted by Crippen LogP contribution is -1.90. The quantitative estimate of drug-likeness (QED) is 0.384. The Hall–Kier alpha value is -1.48. The summed E-state index contributed by atoms with van der Waals surface area (Å²) in [6, 6.07) is -0.257. The largest absolute Gasteiger partial charge is 0.446 e. The van der Waals surface area contributed by atoms with Crippen LogP contribution in [0.4, 0.5) is 0 Å². The summed E-state index contributed by atoms with van der Waals surface area (Å²) in [5, 5.41) is 3.53. The van der Waals surface area contributed by atoms with Crippen molar-refractivity contribution in [2.45, 2.75) is 26.8 Å². The molecule has 0 fully saturated rings. The van der Waals surface area contributed by atoms with E-state index in [0.29, 0.717) is 17.3 Å². The van der Waals surface area contributed by atoms with E-state index >= 15 is 0 Å². The Kier molecular flexibility index (Phi) is 2.35. The van der Waals surface area contributed by atoms with Gasteiger partial charge >= 0.3 is 0 Å². The van der Waals surface area contributed by atoms with Crippen molar-refractivity contribution < 1.29 is 4.42 Å². The third-order valence-electron chi connectivity index (χ3n) is 1.56. The predicted octanol–water partition coefficient (Wildman–Crippen LogP) is 2.66. The molecule has 5 heteroatoms. The summed E-state index contributed by atoms with van der Waals surface area (Å²) < 4.78 is 5.19. The molecule has 0 bridgehead atoms. The lowest BCUT2D eigenvalue weighted by molar-refractivity contribution is 0.491. The maximum absolute atomic E-state index is 8.20. The van der Waals surface area contributed by atoms with Crippen molar-refractivity contribution in [3.8, 4) is 0 Å². The van der Waals surface area contributed by atoms with Gasteiger partial charge in [-0.05, 0) is 12.5 Å². The van der Waals surface area contributed by atoms with Gasteiger partial charge in [0, 0.05) is 11.8 Å². The SMILES string of the molecule is Cc1nc(C(C)N=[N+]=[N-])c(C)o1. The number of hydrogen-bond acceptors (Lipinski definition) is 3. The second kappa shape index (κ2) is 3.28. The van der Waals surface area contributed by atoms with Gasteiger partial charge in [0.2, 0.25) is 0 Å². The average Bonchev–Trinajstić information content (AvgIpc) is 2.30. The van der Waals surface area contributed by atoms with Gasteiger partial charge in [-0.3, -0.25) is 0 Å². The number of azide groups is 1. The van der Waals surface area contributed by atoms with E-state index in [9.17, 15) is 0 Å². The third kappa shape index (κ3) is 1.57. The molecule has 64 valence electrons. The highest BCUT2D eigenvalue weighted by molar-refractivity contribution is 5.11. The van der Waals surface area contributed by atoms with Crippen LogP contribution in [-0.4, -0.2) is 4.98 Å². The van der Waals surface area contributed by atoms with Crippen molar-refractivity contribution in [1.82, 2.24) is 4.98 Å². The zero-order chi connectivity index (χ0) is 9.14. The van der Waals surface area contributed by atoms with Gasteiger partial charge in [0.05, 0.1) is 11.7 Å². The lowest BCUT2D eigenvalue weighted by Gasteiger charge is -1.97. The van der Waals surface area contributed by atoms with Gasteiger partial charge < -0.3 is 4.42 Å². The van der Waals surface area contributed by atoms with E-state index in [0.717, 1.165) is 0 Å². The Morgan fingerprint density at radius 3 is 2.67 bits per heavy atom. The first kappa shape index (κ1) is 8.62. The molecule has 0 aromatic carbocycles. The van der Waals surface area contributed by atoms with Crippen LogP contribution < -0.4 is 0 Å². The van der Waals surface area contributed by atoms with Crippen LogP contribution >= 0.6 is 0 Å². The minimum atomic E-state index is -0.257. The number of rotatable bonds is 2. The smallest absolute Gasteiger partial charge is 0.191 e. The Balaban J connectivity index is 3.01. The minimum absolute atomic E-state index is 0.257. The molecule has 1 heterocycles. The highest BCUT2D eigenvalue weighted by atomic mass is 16.4. The van der Waals surface area contributed by atoms with Crippen molar-refractivity contribution in [3.63, 3.8) is 0 Å². The van der Waals surface area contributed by atoms with Gasteiger partial charge in [0.25, 0.3) is 0 Å². The highest BCUT2D eigenvalue weighted by Crippen LogP contribution is 2.20. The molecule has 0 radical (unpaired) electrons. The fourth-order valence-electron chi connectivity index (χ4n) is 1.06. The zero-order valence-corrected chi connectivity index (χ0v) is 7.27. The molecule has 1 unspecified atom stereocenters. The summed E-state index contributed by atoms with van der Waals surface area (Å²) >= 11 is 0.